The molecular formula is C21H28N6O2. The summed E-state index contributed by atoms with van der Waals surface area (Å²) in [6, 6.07) is 6.40. The van der Waals surface area contributed by atoms with Crippen molar-refractivity contribution in [1.82, 2.24) is 24.5 Å². The molecule has 1 saturated heterocycles. The van der Waals surface area contributed by atoms with E-state index in [0.717, 1.165) is 11.3 Å². The number of carbonyl (C=O) groups is 1. The van der Waals surface area contributed by atoms with Gasteiger partial charge in [0.2, 0.25) is 5.89 Å². The number of pyridine rings is 1. The summed E-state index contributed by atoms with van der Waals surface area (Å²) in [7, 11) is 0. The van der Waals surface area contributed by atoms with Crippen LogP contribution < -0.4 is 4.90 Å². The monoisotopic (exact) mass is 396 g/mol. The number of amides is 1. The largest absolute Gasteiger partial charge is 0.408 e. The standard InChI is InChI=1S/C21H28N6O2/c1-14(2)17-23-24-20(29-17)26-12-10-25(11-13-26)18(28)16-15-8-6-7-9-27(15)19(22-16)21(3,4)5/h6-9,14H,10-13H2,1-5H3. The van der Waals surface area contributed by atoms with E-state index in [9.17, 15) is 4.79 Å². The molecule has 0 spiro atoms. The highest BCUT2D eigenvalue weighted by Gasteiger charge is 2.30. The number of piperazine rings is 1. The first-order valence-electron chi connectivity index (χ1n) is 10.1. The molecule has 0 aromatic carbocycles. The highest BCUT2D eigenvalue weighted by molar-refractivity contribution is 5.99. The first-order valence-corrected chi connectivity index (χ1v) is 10.1. The molecular weight excluding hydrogens is 368 g/mol. The van der Waals surface area contributed by atoms with Crippen molar-refractivity contribution in [3.8, 4) is 0 Å². The van der Waals surface area contributed by atoms with E-state index < -0.39 is 0 Å². The van der Waals surface area contributed by atoms with Crippen molar-refractivity contribution in [3.05, 3.63) is 41.8 Å². The zero-order chi connectivity index (χ0) is 20.8. The molecule has 1 aliphatic rings. The van der Waals surface area contributed by atoms with Crippen LogP contribution in [-0.2, 0) is 5.41 Å². The van der Waals surface area contributed by atoms with Gasteiger partial charge in [-0.15, -0.1) is 5.10 Å². The maximum atomic E-state index is 13.3. The fraction of sp³-hybridized carbons (Fsp3) is 0.524. The van der Waals surface area contributed by atoms with Crippen molar-refractivity contribution in [2.45, 2.75) is 46.0 Å². The van der Waals surface area contributed by atoms with Gasteiger partial charge < -0.3 is 18.6 Å². The van der Waals surface area contributed by atoms with E-state index >= 15 is 0 Å². The Balaban J connectivity index is 1.53. The maximum Gasteiger partial charge on any atom is 0.318 e. The van der Waals surface area contributed by atoms with Crippen LogP contribution in [0.5, 0.6) is 0 Å². The van der Waals surface area contributed by atoms with Gasteiger partial charge >= 0.3 is 6.01 Å². The number of imidazole rings is 1. The Kier molecular flexibility index (Phi) is 4.80. The summed E-state index contributed by atoms with van der Waals surface area (Å²) in [5.41, 5.74) is 1.21. The minimum Gasteiger partial charge on any atom is -0.408 e. The zero-order valence-electron chi connectivity index (χ0n) is 17.7. The molecule has 0 aliphatic carbocycles. The molecule has 0 N–H and O–H groups in total. The molecule has 1 fully saturated rings. The second kappa shape index (κ2) is 7.17. The van der Waals surface area contributed by atoms with Gasteiger partial charge in [0.1, 0.15) is 5.82 Å². The second-order valence-electron chi connectivity index (χ2n) is 8.85. The van der Waals surface area contributed by atoms with Gasteiger partial charge in [0.15, 0.2) is 5.69 Å². The van der Waals surface area contributed by atoms with Gasteiger partial charge in [0, 0.05) is 43.7 Å². The summed E-state index contributed by atoms with van der Waals surface area (Å²) in [5.74, 6) is 1.70. The Morgan fingerprint density at radius 2 is 1.83 bits per heavy atom. The summed E-state index contributed by atoms with van der Waals surface area (Å²) >= 11 is 0. The molecule has 1 aliphatic heterocycles. The van der Waals surface area contributed by atoms with Crippen LogP contribution in [0.2, 0.25) is 0 Å². The van der Waals surface area contributed by atoms with Crippen molar-refractivity contribution >= 4 is 17.4 Å². The van der Waals surface area contributed by atoms with Gasteiger partial charge in [-0.3, -0.25) is 4.79 Å². The molecule has 8 heteroatoms. The predicted molar refractivity (Wildman–Crippen MR) is 110 cm³/mol. The number of carbonyl (C=O) groups excluding carboxylic acids is 1. The van der Waals surface area contributed by atoms with Gasteiger partial charge in [0.05, 0.1) is 5.52 Å². The highest BCUT2D eigenvalue weighted by atomic mass is 16.4. The third-order valence-electron chi connectivity index (χ3n) is 5.18. The molecule has 3 aromatic heterocycles. The normalized spacial score (nSPS) is 15.5. The minimum absolute atomic E-state index is 0.0303. The van der Waals surface area contributed by atoms with Crippen LogP contribution in [0, 0.1) is 0 Å². The summed E-state index contributed by atoms with van der Waals surface area (Å²) in [6.45, 7) is 12.9. The van der Waals surface area contributed by atoms with E-state index in [1.807, 2.05) is 52.4 Å². The van der Waals surface area contributed by atoms with Crippen LogP contribution in [0.1, 0.15) is 62.7 Å². The van der Waals surface area contributed by atoms with Crippen molar-refractivity contribution in [1.29, 1.82) is 0 Å². The first kappa shape index (κ1) is 19.4. The van der Waals surface area contributed by atoms with Gasteiger partial charge in [-0.1, -0.05) is 45.8 Å². The molecule has 154 valence electrons. The van der Waals surface area contributed by atoms with E-state index in [0.29, 0.717) is 43.8 Å². The lowest BCUT2D eigenvalue weighted by Crippen LogP contribution is -2.49. The van der Waals surface area contributed by atoms with E-state index in [2.05, 4.69) is 31.0 Å². The number of hydrogen-bond donors (Lipinski definition) is 0. The number of fused-ring (bicyclic) bond motifs is 1. The van der Waals surface area contributed by atoms with Crippen LogP contribution in [0.25, 0.3) is 5.52 Å². The summed E-state index contributed by atoms with van der Waals surface area (Å²) < 4.78 is 7.77. The van der Waals surface area contributed by atoms with Crippen molar-refractivity contribution in [3.63, 3.8) is 0 Å². The Morgan fingerprint density at radius 1 is 1.10 bits per heavy atom. The molecule has 8 nitrogen and oxygen atoms in total. The molecule has 0 atom stereocenters. The Morgan fingerprint density at radius 3 is 2.45 bits per heavy atom. The first-order chi connectivity index (χ1) is 13.8. The molecule has 3 aromatic rings. The third-order valence-corrected chi connectivity index (χ3v) is 5.18. The topological polar surface area (TPSA) is 79.8 Å². The summed E-state index contributed by atoms with van der Waals surface area (Å²) in [4.78, 5) is 21.9. The SMILES string of the molecule is CC(C)c1nnc(N2CCN(C(=O)c3nc(C(C)(C)C)n4ccccc34)CC2)o1. The highest BCUT2D eigenvalue weighted by Crippen LogP contribution is 2.26. The number of aromatic nitrogens is 4. The fourth-order valence-electron chi connectivity index (χ4n) is 3.56. The molecule has 0 radical (unpaired) electrons. The Hall–Kier alpha value is -2.90. The van der Waals surface area contributed by atoms with E-state index in [1.165, 1.54) is 0 Å². The average Bonchev–Trinajstić information content (AvgIpc) is 3.33. The lowest BCUT2D eigenvalue weighted by atomic mass is 9.96. The number of nitrogens with zero attached hydrogens (tertiary/aromatic N) is 6. The van der Waals surface area contributed by atoms with Gasteiger partial charge in [-0.05, 0) is 12.1 Å². The molecule has 29 heavy (non-hydrogen) atoms. The van der Waals surface area contributed by atoms with Gasteiger partial charge in [0.25, 0.3) is 5.91 Å². The molecule has 0 unspecified atom stereocenters. The number of rotatable bonds is 3. The van der Waals surface area contributed by atoms with Crippen molar-refractivity contribution in [2.75, 3.05) is 31.1 Å². The number of anilines is 1. The number of hydrogen-bond acceptors (Lipinski definition) is 6. The zero-order valence-corrected chi connectivity index (χ0v) is 17.7. The van der Waals surface area contributed by atoms with Crippen LogP contribution in [0.3, 0.4) is 0 Å². The van der Waals surface area contributed by atoms with E-state index in [1.54, 1.807) is 0 Å². The smallest absolute Gasteiger partial charge is 0.318 e. The lowest BCUT2D eigenvalue weighted by molar-refractivity contribution is 0.0741. The van der Waals surface area contributed by atoms with Crippen LogP contribution in [-0.4, -0.2) is 56.6 Å². The van der Waals surface area contributed by atoms with Crippen molar-refractivity contribution < 1.29 is 9.21 Å². The molecule has 0 bridgehead atoms. The summed E-state index contributed by atoms with van der Waals surface area (Å²) in [6.07, 6.45) is 1.97. The second-order valence-corrected chi connectivity index (χ2v) is 8.85. The van der Waals surface area contributed by atoms with Crippen LogP contribution in [0.4, 0.5) is 6.01 Å². The van der Waals surface area contributed by atoms with Gasteiger partial charge in [-0.2, -0.15) is 0 Å². The predicted octanol–water partition coefficient (Wildman–Crippen LogP) is 3.10. The fourth-order valence-corrected chi connectivity index (χ4v) is 3.56. The Labute approximate surface area is 170 Å². The van der Waals surface area contributed by atoms with Crippen LogP contribution >= 0.6 is 0 Å². The lowest BCUT2D eigenvalue weighted by Gasteiger charge is -2.33. The molecule has 4 rings (SSSR count). The quantitative estimate of drug-likeness (QED) is 0.677. The van der Waals surface area contributed by atoms with Gasteiger partial charge in [-0.25, -0.2) is 4.98 Å². The average molecular weight is 396 g/mol. The molecule has 4 heterocycles. The molecule has 0 saturated carbocycles. The molecule has 1 amide bonds. The van der Waals surface area contributed by atoms with Crippen LogP contribution in [0.15, 0.2) is 28.8 Å². The summed E-state index contributed by atoms with van der Waals surface area (Å²) in [5, 5.41) is 8.25. The van der Waals surface area contributed by atoms with E-state index in [-0.39, 0.29) is 17.2 Å². The minimum atomic E-state index is -0.159. The maximum absolute atomic E-state index is 13.3. The third kappa shape index (κ3) is 3.59. The van der Waals surface area contributed by atoms with Crippen molar-refractivity contribution in [2.24, 2.45) is 0 Å². The Bertz CT molecular complexity index is 1020. The van der Waals surface area contributed by atoms with E-state index in [4.69, 9.17) is 9.40 Å².